The summed E-state index contributed by atoms with van der Waals surface area (Å²) in [6, 6.07) is 9.89. The van der Waals surface area contributed by atoms with Crippen LogP contribution in [-0.2, 0) is 16.0 Å². The number of benzene rings is 2. The van der Waals surface area contributed by atoms with Crippen LogP contribution < -0.4 is 15.5 Å². The van der Waals surface area contributed by atoms with Gasteiger partial charge in [-0.2, -0.15) is 15.5 Å². The lowest BCUT2D eigenvalue weighted by Gasteiger charge is -2.12. The zero-order chi connectivity index (χ0) is 24.0. The number of amides is 2. The first-order valence-electron chi connectivity index (χ1n) is 9.72. The van der Waals surface area contributed by atoms with E-state index in [9.17, 15) is 9.59 Å². The number of rotatable bonds is 7. The first-order chi connectivity index (χ1) is 15.9. The first kappa shape index (κ1) is 23.8. The van der Waals surface area contributed by atoms with Crippen molar-refractivity contribution in [1.82, 2.24) is 15.5 Å². The molecule has 1 heterocycles. The fourth-order valence-corrected chi connectivity index (χ4v) is 3.35. The number of nitrogens with one attached hydrogen (secondary N) is 3. The molecule has 1 aromatic heterocycles. The number of aromatic amines is 1. The Kier molecular flexibility index (Phi) is 7.71. The van der Waals surface area contributed by atoms with Crippen molar-refractivity contribution >= 4 is 57.5 Å². The Morgan fingerprint density at radius 2 is 1.94 bits per heavy atom. The van der Waals surface area contributed by atoms with E-state index in [2.05, 4.69) is 25.5 Å². The summed E-state index contributed by atoms with van der Waals surface area (Å²) < 4.78 is 10.5. The van der Waals surface area contributed by atoms with Crippen LogP contribution in [0.2, 0.25) is 10.0 Å². The molecule has 0 aliphatic carbocycles. The van der Waals surface area contributed by atoms with Gasteiger partial charge in [0.05, 0.1) is 27.9 Å². The van der Waals surface area contributed by atoms with E-state index in [-0.39, 0.29) is 28.1 Å². The first-order valence-corrected chi connectivity index (χ1v) is 10.5. The third-order valence-electron chi connectivity index (χ3n) is 4.29. The minimum Gasteiger partial charge on any atom is -0.454 e. The third kappa shape index (κ3) is 5.71. The summed E-state index contributed by atoms with van der Waals surface area (Å²) in [6.07, 6.45) is -0.206. The Bertz CT molecular complexity index is 1260. The lowest BCUT2D eigenvalue weighted by atomic mass is 10.2. The summed E-state index contributed by atoms with van der Waals surface area (Å²) in [6.45, 7) is 3.65. The van der Waals surface area contributed by atoms with Gasteiger partial charge in [0.1, 0.15) is 11.8 Å². The number of hydrazone groups is 1. The molecule has 0 aliphatic heterocycles. The van der Waals surface area contributed by atoms with Gasteiger partial charge in [0.25, 0.3) is 5.91 Å². The number of aromatic nitrogens is 2. The quantitative estimate of drug-likeness (QED) is 0.320. The average Bonchev–Trinajstić information content (AvgIpc) is 3.19. The number of halogens is 2. The van der Waals surface area contributed by atoms with E-state index >= 15 is 0 Å². The highest BCUT2D eigenvalue weighted by Crippen LogP contribution is 2.39. The molecule has 0 bridgehead atoms. The van der Waals surface area contributed by atoms with Crippen molar-refractivity contribution in [2.45, 2.75) is 20.3 Å². The topological polar surface area (TPSA) is 141 Å². The van der Waals surface area contributed by atoms with Gasteiger partial charge in [-0.1, -0.05) is 30.1 Å². The fourth-order valence-electron chi connectivity index (χ4n) is 2.78. The van der Waals surface area contributed by atoms with Crippen LogP contribution in [0.1, 0.15) is 19.5 Å². The van der Waals surface area contributed by atoms with Crippen LogP contribution in [0.15, 0.2) is 35.4 Å². The van der Waals surface area contributed by atoms with Gasteiger partial charge < -0.3 is 9.47 Å². The van der Waals surface area contributed by atoms with E-state index in [1.54, 1.807) is 19.1 Å². The van der Waals surface area contributed by atoms with Crippen LogP contribution in [0.25, 0.3) is 10.9 Å². The van der Waals surface area contributed by atoms with E-state index in [0.717, 1.165) is 23.0 Å². The fraction of sp³-hybridized carbons (Fsp3) is 0.190. The van der Waals surface area contributed by atoms with Gasteiger partial charge in [0, 0.05) is 11.1 Å². The minimum atomic E-state index is -1.03. The molecule has 2 amide bonds. The number of anilines is 1. The van der Waals surface area contributed by atoms with Crippen molar-refractivity contribution in [3.8, 4) is 17.6 Å². The SMILES string of the molecule is CCOC(=O)NC(=O)/C(C#N)=N/Nc1cc(Cl)c(Oc2ccc3n[nH]c(CC)c3c2)c(Cl)c1. The minimum absolute atomic E-state index is 0.0670. The number of H-pyrrole nitrogens is 1. The van der Waals surface area contributed by atoms with Crippen LogP contribution >= 0.6 is 23.2 Å². The number of fused-ring (bicyclic) bond motifs is 1. The highest BCUT2D eigenvalue weighted by Gasteiger charge is 2.16. The number of imide groups is 1. The normalized spacial score (nSPS) is 11.1. The molecule has 0 atom stereocenters. The van der Waals surface area contributed by atoms with E-state index in [1.807, 2.05) is 24.4 Å². The van der Waals surface area contributed by atoms with E-state index in [1.165, 1.54) is 12.1 Å². The molecular weight excluding hydrogens is 471 g/mol. The number of aryl methyl sites for hydroxylation is 1. The highest BCUT2D eigenvalue weighted by molar-refractivity contribution is 6.47. The van der Waals surface area contributed by atoms with Crippen LogP contribution in [0.5, 0.6) is 11.5 Å². The molecular formula is C21H18Cl2N6O4. The van der Waals surface area contributed by atoms with Crippen LogP contribution in [0, 0.1) is 11.3 Å². The summed E-state index contributed by atoms with van der Waals surface area (Å²) >= 11 is 12.7. The molecule has 170 valence electrons. The molecule has 3 rings (SSSR count). The van der Waals surface area contributed by atoms with Gasteiger partial charge in [-0.05, 0) is 43.7 Å². The summed E-state index contributed by atoms with van der Waals surface area (Å²) in [5.41, 5.74) is 3.98. The van der Waals surface area contributed by atoms with Crippen molar-refractivity contribution in [1.29, 1.82) is 5.26 Å². The molecule has 0 spiro atoms. The largest absolute Gasteiger partial charge is 0.454 e. The second kappa shape index (κ2) is 10.7. The Morgan fingerprint density at radius 3 is 2.58 bits per heavy atom. The second-order valence-corrected chi connectivity index (χ2v) is 7.28. The average molecular weight is 489 g/mol. The Morgan fingerprint density at radius 1 is 1.21 bits per heavy atom. The van der Waals surface area contributed by atoms with Gasteiger partial charge in [-0.25, -0.2) is 4.79 Å². The number of nitriles is 1. The van der Waals surface area contributed by atoms with Crippen LogP contribution in [0.3, 0.4) is 0 Å². The number of carbonyl (C=O) groups excluding carboxylic acids is 2. The predicted octanol–water partition coefficient (Wildman–Crippen LogP) is 4.79. The molecule has 0 radical (unpaired) electrons. The maximum atomic E-state index is 11.9. The second-order valence-electron chi connectivity index (χ2n) is 6.46. The number of ether oxygens (including phenoxy) is 2. The Balaban J connectivity index is 1.77. The van der Waals surface area contributed by atoms with Gasteiger partial charge >= 0.3 is 6.09 Å². The predicted molar refractivity (Wildman–Crippen MR) is 124 cm³/mol. The summed E-state index contributed by atoms with van der Waals surface area (Å²) in [5.74, 6) is -0.292. The molecule has 0 saturated heterocycles. The molecule has 0 fully saturated rings. The number of alkyl carbamates (subject to hydrolysis) is 1. The molecule has 33 heavy (non-hydrogen) atoms. The van der Waals surface area contributed by atoms with Gasteiger partial charge in [0.15, 0.2) is 5.75 Å². The number of carbonyl (C=O) groups is 2. The zero-order valence-corrected chi connectivity index (χ0v) is 19.0. The number of hydrogen-bond donors (Lipinski definition) is 3. The van der Waals surface area contributed by atoms with Crippen molar-refractivity contribution in [3.05, 3.63) is 46.1 Å². The molecule has 0 aliphatic rings. The van der Waals surface area contributed by atoms with Gasteiger partial charge in [-0.3, -0.25) is 20.6 Å². The van der Waals surface area contributed by atoms with Crippen molar-refractivity contribution in [3.63, 3.8) is 0 Å². The monoisotopic (exact) mass is 488 g/mol. The maximum Gasteiger partial charge on any atom is 0.414 e. The number of nitrogens with zero attached hydrogens (tertiary/aromatic N) is 3. The molecule has 12 heteroatoms. The molecule has 0 unspecified atom stereocenters. The van der Waals surface area contributed by atoms with Crippen LogP contribution in [-0.4, -0.2) is 34.5 Å². The summed E-state index contributed by atoms with van der Waals surface area (Å²) in [4.78, 5) is 23.2. The molecule has 2 aromatic carbocycles. The smallest absolute Gasteiger partial charge is 0.414 e. The Labute approximate surface area is 198 Å². The van der Waals surface area contributed by atoms with E-state index in [0.29, 0.717) is 5.75 Å². The van der Waals surface area contributed by atoms with E-state index in [4.69, 9.17) is 33.2 Å². The molecule has 3 N–H and O–H groups in total. The summed E-state index contributed by atoms with van der Waals surface area (Å²) in [7, 11) is 0. The van der Waals surface area contributed by atoms with Crippen molar-refractivity contribution in [2.75, 3.05) is 12.0 Å². The Hall–Kier alpha value is -3.81. The van der Waals surface area contributed by atoms with Crippen LogP contribution in [0.4, 0.5) is 10.5 Å². The van der Waals surface area contributed by atoms with Crippen molar-refractivity contribution in [2.24, 2.45) is 5.10 Å². The van der Waals surface area contributed by atoms with Gasteiger partial charge in [0.2, 0.25) is 5.71 Å². The lowest BCUT2D eigenvalue weighted by Crippen LogP contribution is -2.36. The molecule has 3 aromatic rings. The molecule has 10 nitrogen and oxygen atoms in total. The lowest BCUT2D eigenvalue weighted by molar-refractivity contribution is -0.114. The standard InChI is InChI=1S/C21H18Cl2N6O4/c1-3-16-13-9-12(5-6-17(13)28-27-16)33-19-14(22)7-11(8-15(19)23)26-29-18(10-24)20(30)25-21(31)32-4-2/h5-9,26H,3-4H2,1-2H3,(H,27,28)(H,25,30,31)/b29-18+. The van der Waals surface area contributed by atoms with E-state index < -0.39 is 17.7 Å². The molecule has 0 saturated carbocycles. The highest BCUT2D eigenvalue weighted by atomic mass is 35.5. The van der Waals surface area contributed by atoms with Crippen molar-refractivity contribution < 1.29 is 19.1 Å². The zero-order valence-electron chi connectivity index (χ0n) is 17.5. The number of hydrogen-bond acceptors (Lipinski definition) is 8. The third-order valence-corrected chi connectivity index (χ3v) is 4.85. The maximum absolute atomic E-state index is 11.9. The summed E-state index contributed by atoms with van der Waals surface area (Å²) in [5, 5.41) is 23.2. The van der Waals surface area contributed by atoms with Gasteiger partial charge in [-0.15, -0.1) is 0 Å².